The zero-order valence-electron chi connectivity index (χ0n) is 16.0. The molecule has 0 saturated heterocycles. The topological polar surface area (TPSA) is 70.5 Å². The van der Waals surface area contributed by atoms with E-state index in [1.165, 1.54) is 0 Å². The predicted octanol–water partition coefficient (Wildman–Crippen LogP) is 1.47. The molecule has 2 N–H and O–H groups in total. The minimum Gasteiger partial charge on any atom is -0.497 e. The summed E-state index contributed by atoms with van der Waals surface area (Å²) in [6.45, 7) is 2.75. The van der Waals surface area contributed by atoms with E-state index in [-0.39, 0.29) is 18.7 Å². The maximum absolute atomic E-state index is 12.6. The summed E-state index contributed by atoms with van der Waals surface area (Å²) < 4.78 is 21.3. The SMILES string of the molecule is COc1ccc(C[NH+](C)[C@@H](C)C(=O)Nc2ccc3c(c2)OCO3)c(OC)c1. The number of rotatable bonds is 7. The summed E-state index contributed by atoms with van der Waals surface area (Å²) in [7, 11) is 5.23. The van der Waals surface area contributed by atoms with E-state index in [2.05, 4.69) is 5.32 Å². The Morgan fingerprint density at radius 1 is 1.15 bits per heavy atom. The highest BCUT2D eigenvalue weighted by molar-refractivity contribution is 5.93. The van der Waals surface area contributed by atoms with Crippen LogP contribution in [0.2, 0.25) is 0 Å². The van der Waals surface area contributed by atoms with Gasteiger partial charge in [-0.3, -0.25) is 4.79 Å². The van der Waals surface area contributed by atoms with Crippen LogP contribution in [0.15, 0.2) is 36.4 Å². The first kappa shape index (κ1) is 18.8. The molecule has 0 spiro atoms. The van der Waals surface area contributed by atoms with Crippen molar-refractivity contribution in [2.75, 3.05) is 33.4 Å². The zero-order valence-corrected chi connectivity index (χ0v) is 16.0. The number of quaternary nitrogens is 1. The molecule has 0 radical (unpaired) electrons. The molecule has 1 heterocycles. The highest BCUT2D eigenvalue weighted by atomic mass is 16.7. The van der Waals surface area contributed by atoms with Crippen molar-refractivity contribution < 1.29 is 28.6 Å². The van der Waals surface area contributed by atoms with Gasteiger partial charge in [0.25, 0.3) is 5.91 Å². The molecule has 0 aliphatic carbocycles. The summed E-state index contributed by atoms with van der Waals surface area (Å²) in [5.41, 5.74) is 1.70. The molecule has 27 heavy (non-hydrogen) atoms. The van der Waals surface area contributed by atoms with Crippen LogP contribution < -0.4 is 29.2 Å². The number of methoxy groups -OCH3 is 2. The molecule has 0 aromatic heterocycles. The molecule has 0 fully saturated rings. The fraction of sp³-hybridized carbons (Fsp3) is 0.350. The zero-order chi connectivity index (χ0) is 19.4. The maximum atomic E-state index is 12.6. The van der Waals surface area contributed by atoms with Crippen molar-refractivity contribution in [3.8, 4) is 23.0 Å². The fourth-order valence-electron chi connectivity index (χ4n) is 2.90. The third-order valence-electron chi connectivity index (χ3n) is 4.74. The van der Waals surface area contributed by atoms with Gasteiger partial charge in [0.2, 0.25) is 6.79 Å². The molecule has 1 amide bonds. The average molecular weight is 373 g/mol. The van der Waals surface area contributed by atoms with E-state index >= 15 is 0 Å². The van der Waals surface area contributed by atoms with Gasteiger partial charge in [-0.2, -0.15) is 0 Å². The number of fused-ring (bicyclic) bond motifs is 1. The molecule has 2 aromatic rings. The second-order valence-electron chi connectivity index (χ2n) is 6.48. The molecule has 1 aliphatic rings. The Morgan fingerprint density at radius 2 is 1.93 bits per heavy atom. The average Bonchev–Trinajstić information content (AvgIpc) is 3.15. The van der Waals surface area contributed by atoms with Crippen LogP contribution in [0.1, 0.15) is 12.5 Å². The number of hydrogen-bond donors (Lipinski definition) is 2. The monoisotopic (exact) mass is 373 g/mol. The Labute approximate surface area is 158 Å². The third kappa shape index (κ3) is 4.25. The summed E-state index contributed by atoms with van der Waals surface area (Å²) in [6, 6.07) is 10.8. The Morgan fingerprint density at radius 3 is 2.67 bits per heavy atom. The van der Waals surface area contributed by atoms with E-state index < -0.39 is 0 Å². The van der Waals surface area contributed by atoms with Crippen molar-refractivity contribution >= 4 is 11.6 Å². The van der Waals surface area contributed by atoms with E-state index in [0.717, 1.165) is 22.0 Å². The maximum Gasteiger partial charge on any atom is 0.282 e. The molecular weight excluding hydrogens is 348 g/mol. The van der Waals surface area contributed by atoms with Crippen LogP contribution in [0.3, 0.4) is 0 Å². The number of benzene rings is 2. The van der Waals surface area contributed by atoms with Gasteiger partial charge in [0, 0.05) is 23.4 Å². The van der Waals surface area contributed by atoms with Gasteiger partial charge >= 0.3 is 0 Å². The number of hydrogen-bond acceptors (Lipinski definition) is 5. The van der Waals surface area contributed by atoms with E-state index in [1.54, 1.807) is 32.4 Å². The molecule has 3 rings (SSSR count). The second-order valence-corrected chi connectivity index (χ2v) is 6.48. The highest BCUT2D eigenvalue weighted by Gasteiger charge is 2.24. The lowest BCUT2D eigenvalue weighted by atomic mass is 10.1. The van der Waals surface area contributed by atoms with Gasteiger partial charge in [0.1, 0.15) is 18.0 Å². The Kier molecular flexibility index (Phi) is 5.71. The van der Waals surface area contributed by atoms with Gasteiger partial charge in [-0.1, -0.05) is 0 Å². The second kappa shape index (κ2) is 8.18. The lowest BCUT2D eigenvalue weighted by Crippen LogP contribution is -3.12. The number of carbonyl (C=O) groups is 1. The molecular formula is C20H25N2O5+. The van der Waals surface area contributed by atoms with E-state index in [1.807, 2.05) is 32.2 Å². The molecule has 2 aromatic carbocycles. The standard InChI is InChI=1S/C20H24N2O5/c1-13(20(23)21-15-6-8-17-19(9-15)27-12-26-17)22(2)11-14-5-7-16(24-3)10-18(14)25-4/h5-10,13H,11-12H2,1-4H3,(H,21,23)/p+1/t13-/m0/s1. The Bertz CT molecular complexity index is 824. The largest absolute Gasteiger partial charge is 0.497 e. The van der Waals surface area contributed by atoms with Gasteiger partial charge in [-0.25, -0.2) is 0 Å². The molecule has 2 atom stereocenters. The first-order valence-corrected chi connectivity index (χ1v) is 8.75. The number of nitrogens with one attached hydrogen (secondary N) is 2. The summed E-state index contributed by atoms with van der Waals surface area (Å²) in [4.78, 5) is 13.7. The third-order valence-corrected chi connectivity index (χ3v) is 4.74. The summed E-state index contributed by atoms with van der Waals surface area (Å²) in [5.74, 6) is 2.75. The van der Waals surface area contributed by atoms with Crippen LogP contribution in [0, 0.1) is 0 Å². The Hall–Kier alpha value is -2.93. The van der Waals surface area contributed by atoms with Crippen molar-refractivity contribution in [1.29, 1.82) is 0 Å². The van der Waals surface area contributed by atoms with Crippen LogP contribution in [-0.4, -0.2) is 40.0 Å². The molecule has 7 heteroatoms. The molecule has 0 saturated carbocycles. The van der Waals surface area contributed by atoms with Gasteiger partial charge in [0.15, 0.2) is 17.5 Å². The van der Waals surface area contributed by atoms with Gasteiger partial charge < -0.3 is 29.2 Å². The fourth-order valence-corrected chi connectivity index (χ4v) is 2.90. The summed E-state index contributed by atoms with van der Waals surface area (Å²) in [5, 5.41) is 2.94. The minimum absolute atomic E-state index is 0.0705. The molecule has 1 aliphatic heterocycles. The Balaban J connectivity index is 1.64. The van der Waals surface area contributed by atoms with E-state index in [0.29, 0.717) is 23.7 Å². The number of carbonyl (C=O) groups excluding carboxylic acids is 1. The van der Waals surface area contributed by atoms with Gasteiger partial charge in [-0.05, 0) is 31.2 Å². The quantitative estimate of drug-likeness (QED) is 0.769. The lowest BCUT2D eigenvalue weighted by Gasteiger charge is -2.22. The number of likely N-dealkylation sites (N-methyl/N-ethyl adjacent to an activating group) is 1. The van der Waals surface area contributed by atoms with E-state index in [4.69, 9.17) is 18.9 Å². The van der Waals surface area contributed by atoms with Gasteiger partial charge in [-0.15, -0.1) is 0 Å². The van der Waals surface area contributed by atoms with Crippen molar-refractivity contribution in [3.05, 3.63) is 42.0 Å². The summed E-state index contributed by atoms with van der Waals surface area (Å²) in [6.07, 6.45) is 0. The minimum atomic E-state index is -0.262. The molecule has 144 valence electrons. The van der Waals surface area contributed by atoms with Crippen molar-refractivity contribution in [2.24, 2.45) is 0 Å². The van der Waals surface area contributed by atoms with Crippen molar-refractivity contribution in [1.82, 2.24) is 0 Å². The van der Waals surface area contributed by atoms with Crippen molar-refractivity contribution in [2.45, 2.75) is 19.5 Å². The summed E-state index contributed by atoms with van der Waals surface area (Å²) >= 11 is 0. The van der Waals surface area contributed by atoms with Crippen LogP contribution in [0.25, 0.3) is 0 Å². The molecule has 7 nitrogen and oxygen atoms in total. The van der Waals surface area contributed by atoms with E-state index in [9.17, 15) is 4.79 Å². The lowest BCUT2D eigenvalue weighted by molar-refractivity contribution is -0.907. The smallest absolute Gasteiger partial charge is 0.282 e. The molecule has 0 bridgehead atoms. The highest BCUT2D eigenvalue weighted by Crippen LogP contribution is 2.34. The predicted molar refractivity (Wildman–Crippen MR) is 101 cm³/mol. The van der Waals surface area contributed by atoms with Crippen LogP contribution in [-0.2, 0) is 11.3 Å². The first-order chi connectivity index (χ1) is 13.0. The van der Waals surface area contributed by atoms with Crippen LogP contribution in [0.4, 0.5) is 5.69 Å². The molecule has 1 unspecified atom stereocenters. The van der Waals surface area contributed by atoms with Crippen LogP contribution in [0.5, 0.6) is 23.0 Å². The van der Waals surface area contributed by atoms with Crippen molar-refractivity contribution in [3.63, 3.8) is 0 Å². The normalized spacial score (nSPS) is 14.4. The van der Waals surface area contributed by atoms with Crippen LogP contribution >= 0.6 is 0 Å². The number of amides is 1. The number of ether oxygens (including phenoxy) is 4. The first-order valence-electron chi connectivity index (χ1n) is 8.75. The number of anilines is 1. The van der Waals surface area contributed by atoms with Gasteiger partial charge in [0.05, 0.1) is 21.3 Å².